The third-order valence-electron chi connectivity index (χ3n) is 7.72. The van der Waals surface area contributed by atoms with Crippen molar-refractivity contribution in [1.29, 1.82) is 0 Å². The largest absolute Gasteiger partial charge is 0.444 e. The van der Waals surface area contributed by atoms with Gasteiger partial charge in [-0.05, 0) is 63.5 Å². The number of terminal acetylenes is 1. The molecule has 2 N–H and O–H groups in total. The van der Waals surface area contributed by atoms with E-state index in [1.54, 1.807) is 31.7 Å². The zero-order valence-electron chi connectivity index (χ0n) is 23.9. The maximum Gasteiger partial charge on any atom is 0.408 e. The minimum atomic E-state index is -0.890. The van der Waals surface area contributed by atoms with E-state index < -0.39 is 23.8 Å². The Balaban J connectivity index is 2.03. The summed E-state index contributed by atoms with van der Waals surface area (Å²) < 4.78 is 5.49. The zero-order valence-corrected chi connectivity index (χ0v) is 23.9. The average Bonchev–Trinajstić information content (AvgIpc) is 3.59. The van der Waals surface area contributed by atoms with E-state index in [2.05, 4.69) is 23.5 Å². The van der Waals surface area contributed by atoms with E-state index in [1.807, 2.05) is 32.0 Å². The summed E-state index contributed by atoms with van der Waals surface area (Å²) in [6.07, 6.45) is 11.9. The van der Waals surface area contributed by atoms with E-state index in [9.17, 15) is 14.4 Å². The van der Waals surface area contributed by atoms with Gasteiger partial charge in [0.05, 0.1) is 0 Å². The molecule has 2 aliphatic rings. The second-order valence-corrected chi connectivity index (χ2v) is 12.0. The van der Waals surface area contributed by atoms with Gasteiger partial charge in [0.1, 0.15) is 17.7 Å². The molecule has 0 aromatic heterocycles. The van der Waals surface area contributed by atoms with E-state index in [4.69, 9.17) is 11.2 Å². The lowest BCUT2D eigenvalue weighted by Gasteiger charge is -2.37. The normalized spacial score (nSPS) is 21.8. The molecule has 1 aromatic rings. The number of hydrogen-bond acceptors (Lipinski definition) is 4. The number of alkyl carbamates (subject to hydrolysis) is 1. The zero-order chi connectivity index (χ0) is 28.0. The molecule has 2 fully saturated rings. The summed E-state index contributed by atoms with van der Waals surface area (Å²) in [5, 5.41) is 6.07. The number of ether oxygens (including phenoxy) is 1. The number of benzene rings is 1. The Labute approximate surface area is 228 Å². The van der Waals surface area contributed by atoms with Crippen LogP contribution in [0, 0.1) is 24.2 Å². The van der Waals surface area contributed by atoms with Crippen LogP contribution in [-0.2, 0) is 14.3 Å². The molecule has 3 rings (SSSR count). The second-order valence-electron chi connectivity index (χ2n) is 12.0. The van der Waals surface area contributed by atoms with Crippen molar-refractivity contribution in [2.75, 3.05) is 0 Å². The molecule has 0 spiro atoms. The van der Waals surface area contributed by atoms with E-state index in [-0.39, 0.29) is 35.7 Å². The van der Waals surface area contributed by atoms with Gasteiger partial charge in [0.15, 0.2) is 0 Å². The van der Waals surface area contributed by atoms with Crippen LogP contribution in [0.2, 0.25) is 0 Å². The summed E-state index contributed by atoms with van der Waals surface area (Å²) in [6.45, 7) is 11.3. The van der Waals surface area contributed by atoms with Crippen LogP contribution in [0.15, 0.2) is 24.3 Å². The molecule has 5 atom stereocenters. The van der Waals surface area contributed by atoms with Gasteiger partial charge in [-0.25, -0.2) is 4.79 Å². The molecule has 0 aliphatic heterocycles. The lowest BCUT2D eigenvalue weighted by molar-refractivity contribution is -0.144. The topological polar surface area (TPSA) is 87.7 Å². The van der Waals surface area contributed by atoms with Gasteiger partial charge in [-0.15, -0.1) is 6.42 Å². The Kier molecular flexibility index (Phi) is 9.87. The smallest absolute Gasteiger partial charge is 0.408 e. The molecule has 0 radical (unpaired) electrons. The number of carbonyl (C=O) groups is 3. The summed E-state index contributed by atoms with van der Waals surface area (Å²) in [4.78, 5) is 43.0. The molecule has 3 amide bonds. The first-order valence-corrected chi connectivity index (χ1v) is 14.1. The molecule has 208 valence electrons. The minimum Gasteiger partial charge on any atom is -0.444 e. The van der Waals surface area contributed by atoms with Gasteiger partial charge < -0.3 is 20.3 Å². The molecule has 0 bridgehead atoms. The number of rotatable bonds is 9. The monoisotopic (exact) mass is 523 g/mol. The van der Waals surface area contributed by atoms with Crippen LogP contribution < -0.4 is 10.6 Å². The van der Waals surface area contributed by atoms with Gasteiger partial charge >= 0.3 is 6.09 Å². The van der Waals surface area contributed by atoms with Crippen LogP contribution in [-0.4, -0.2) is 46.5 Å². The van der Waals surface area contributed by atoms with Crippen molar-refractivity contribution in [3.8, 4) is 12.3 Å². The van der Waals surface area contributed by atoms with Crippen LogP contribution in [0.3, 0.4) is 0 Å². The van der Waals surface area contributed by atoms with Crippen molar-refractivity contribution < 1.29 is 19.1 Å². The highest BCUT2D eigenvalue weighted by atomic mass is 16.6. The highest BCUT2D eigenvalue weighted by Crippen LogP contribution is 2.42. The molecule has 7 nitrogen and oxygen atoms in total. The van der Waals surface area contributed by atoms with Gasteiger partial charge in [-0.2, -0.15) is 0 Å². The number of carbonyl (C=O) groups excluding carboxylic acids is 3. The molecule has 0 heterocycles. The highest BCUT2D eigenvalue weighted by molar-refractivity contribution is 5.93. The van der Waals surface area contributed by atoms with Crippen LogP contribution in [0.25, 0.3) is 0 Å². The van der Waals surface area contributed by atoms with Crippen molar-refractivity contribution >= 4 is 17.9 Å². The van der Waals surface area contributed by atoms with E-state index in [1.165, 1.54) is 6.42 Å². The van der Waals surface area contributed by atoms with Crippen LogP contribution in [0.1, 0.15) is 104 Å². The van der Waals surface area contributed by atoms with Crippen molar-refractivity contribution in [3.63, 3.8) is 0 Å². The average molecular weight is 524 g/mol. The van der Waals surface area contributed by atoms with E-state index in [0.29, 0.717) is 17.5 Å². The SMILES string of the molecule is C#Cc1ccccc1C(C(=O)NC1CCCCC1)N(C(=O)C(NC(=O)OC(C)(C)C)C(C)CC)C1CC1C. The van der Waals surface area contributed by atoms with Gasteiger partial charge in [-0.1, -0.05) is 70.6 Å². The molecular weight excluding hydrogens is 478 g/mol. The van der Waals surface area contributed by atoms with Gasteiger partial charge in [0, 0.05) is 17.6 Å². The van der Waals surface area contributed by atoms with Crippen molar-refractivity contribution in [2.45, 2.75) is 116 Å². The molecule has 1 aromatic carbocycles. The summed E-state index contributed by atoms with van der Waals surface area (Å²) in [7, 11) is 0. The Morgan fingerprint density at radius 2 is 1.79 bits per heavy atom. The standard InChI is InChI=1S/C31H45N3O4/c1-8-20(3)26(33-30(37)38-31(5,6)7)29(36)34(25-19-21(25)4)27(24-18-14-13-15-22(24)9-2)28(35)32-23-16-11-10-12-17-23/h2,13-15,18,20-21,23,25-27H,8,10-12,16-17,19H2,1,3-7H3,(H,32,35)(H,33,37). The molecule has 38 heavy (non-hydrogen) atoms. The Hall–Kier alpha value is -3.01. The van der Waals surface area contributed by atoms with Gasteiger partial charge in [0.25, 0.3) is 0 Å². The third kappa shape index (κ3) is 7.52. The fourth-order valence-corrected chi connectivity index (χ4v) is 5.26. The van der Waals surface area contributed by atoms with Gasteiger partial charge in [-0.3, -0.25) is 9.59 Å². The summed E-state index contributed by atoms with van der Waals surface area (Å²) in [5.41, 5.74) is 0.518. The van der Waals surface area contributed by atoms with Crippen LogP contribution in [0.4, 0.5) is 4.79 Å². The molecule has 5 unspecified atom stereocenters. The highest BCUT2D eigenvalue weighted by Gasteiger charge is 2.49. The van der Waals surface area contributed by atoms with Crippen LogP contribution in [0.5, 0.6) is 0 Å². The fraction of sp³-hybridized carbons (Fsp3) is 0.645. The lowest BCUT2D eigenvalue weighted by Crippen LogP contribution is -2.56. The molecule has 2 aliphatic carbocycles. The number of hydrogen-bond donors (Lipinski definition) is 2. The van der Waals surface area contributed by atoms with E-state index in [0.717, 1.165) is 32.1 Å². The van der Waals surface area contributed by atoms with Crippen molar-refractivity contribution in [2.24, 2.45) is 11.8 Å². The Bertz CT molecular complexity index is 1030. The van der Waals surface area contributed by atoms with Crippen molar-refractivity contribution in [1.82, 2.24) is 15.5 Å². The quantitative estimate of drug-likeness (QED) is 0.428. The lowest BCUT2D eigenvalue weighted by atomic mass is 9.92. The Morgan fingerprint density at radius 1 is 1.16 bits per heavy atom. The van der Waals surface area contributed by atoms with Crippen LogP contribution >= 0.6 is 0 Å². The first-order valence-electron chi connectivity index (χ1n) is 14.1. The fourth-order valence-electron chi connectivity index (χ4n) is 5.26. The molecular formula is C31H45N3O4. The van der Waals surface area contributed by atoms with Crippen molar-refractivity contribution in [3.05, 3.63) is 35.4 Å². The number of nitrogens with zero attached hydrogens (tertiary/aromatic N) is 1. The summed E-state index contributed by atoms with van der Waals surface area (Å²) in [5.74, 6) is 2.28. The van der Waals surface area contributed by atoms with Gasteiger partial charge in [0.2, 0.25) is 11.8 Å². The maximum atomic E-state index is 14.4. The predicted molar refractivity (Wildman–Crippen MR) is 149 cm³/mol. The van der Waals surface area contributed by atoms with E-state index >= 15 is 0 Å². The number of nitrogens with one attached hydrogen (secondary N) is 2. The number of amides is 3. The first kappa shape index (κ1) is 29.5. The maximum absolute atomic E-state index is 14.4. The molecule has 0 saturated heterocycles. The Morgan fingerprint density at radius 3 is 2.34 bits per heavy atom. The predicted octanol–water partition coefficient (Wildman–Crippen LogP) is 5.33. The summed E-state index contributed by atoms with van der Waals surface area (Å²) >= 11 is 0. The summed E-state index contributed by atoms with van der Waals surface area (Å²) in [6, 6.07) is 5.56. The molecule has 7 heteroatoms. The minimum absolute atomic E-state index is 0.0792. The molecule has 2 saturated carbocycles. The third-order valence-corrected chi connectivity index (χ3v) is 7.72. The first-order chi connectivity index (χ1) is 18.0. The second kappa shape index (κ2) is 12.7.